The second kappa shape index (κ2) is 9.65. The molecule has 4 rings (SSSR count). The summed E-state index contributed by atoms with van der Waals surface area (Å²) in [5.74, 6) is 0.490. The number of nitrogens with one attached hydrogen (secondary N) is 1. The summed E-state index contributed by atoms with van der Waals surface area (Å²) < 4.78 is 1.85. The molecule has 1 amide bonds. The van der Waals surface area contributed by atoms with Crippen LogP contribution < -0.4 is 5.32 Å². The predicted molar refractivity (Wildman–Crippen MR) is 118 cm³/mol. The zero-order valence-electron chi connectivity index (χ0n) is 16.7. The topological polar surface area (TPSA) is 59.8 Å². The van der Waals surface area contributed by atoms with Crippen molar-refractivity contribution in [2.45, 2.75) is 25.8 Å². The second-order valence-electron chi connectivity index (χ2n) is 7.29. The van der Waals surface area contributed by atoms with Crippen LogP contribution in [0.3, 0.4) is 0 Å². The van der Waals surface area contributed by atoms with E-state index in [9.17, 15) is 4.79 Å². The number of benzene rings is 2. The summed E-state index contributed by atoms with van der Waals surface area (Å²) in [5.41, 5.74) is 4.50. The van der Waals surface area contributed by atoms with Gasteiger partial charge in [0.1, 0.15) is 5.82 Å². The molecule has 30 heavy (non-hydrogen) atoms. The molecule has 5 heteroatoms. The summed E-state index contributed by atoms with van der Waals surface area (Å²) in [5, 5.41) is 7.26. The fourth-order valence-corrected chi connectivity index (χ4v) is 3.36. The van der Waals surface area contributed by atoms with Crippen molar-refractivity contribution in [3.8, 4) is 0 Å². The largest absolute Gasteiger partial charge is 0.310 e. The van der Waals surface area contributed by atoms with Gasteiger partial charge in [0.05, 0.1) is 19.2 Å². The Labute approximate surface area is 176 Å². The number of pyridine rings is 1. The maximum Gasteiger partial charge on any atom is 0.230 e. The van der Waals surface area contributed by atoms with Crippen molar-refractivity contribution in [1.29, 1.82) is 0 Å². The van der Waals surface area contributed by atoms with Crippen LogP contribution in [-0.4, -0.2) is 20.7 Å². The maximum atomic E-state index is 12.5. The normalized spacial score (nSPS) is 10.7. The van der Waals surface area contributed by atoms with E-state index in [1.165, 1.54) is 11.1 Å². The van der Waals surface area contributed by atoms with Crippen molar-refractivity contribution in [3.05, 3.63) is 114 Å². The van der Waals surface area contributed by atoms with Gasteiger partial charge in [-0.2, -0.15) is 5.10 Å². The highest BCUT2D eigenvalue weighted by atomic mass is 16.1. The number of carbonyl (C=O) groups is 1. The summed E-state index contributed by atoms with van der Waals surface area (Å²) in [6, 6.07) is 24.4. The first-order valence-electron chi connectivity index (χ1n) is 10.1. The monoisotopic (exact) mass is 396 g/mol. The number of nitrogens with zero attached hydrogens (tertiary/aromatic N) is 3. The first-order chi connectivity index (χ1) is 14.7. The lowest BCUT2D eigenvalue weighted by atomic mass is 10.1. The van der Waals surface area contributed by atoms with Gasteiger partial charge in [0.25, 0.3) is 0 Å². The van der Waals surface area contributed by atoms with Crippen LogP contribution in [-0.2, 0) is 30.6 Å². The number of hydrogen-bond acceptors (Lipinski definition) is 3. The molecule has 2 aromatic carbocycles. The van der Waals surface area contributed by atoms with E-state index in [-0.39, 0.29) is 12.3 Å². The SMILES string of the molecule is O=C(Cc1cnn(Cc2ccccc2)c1)Nc1cc(CCc2ccccc2)ccn1. The summed E-state index contributed by atoms with van der Waals surface area (Å²) >= 11 is 0. The minimum absolute atomic E-state index is 0.0954. The molecule has 0 aliphatic carbocycles. The molecule has 150 valence electrons. The van der Waals surface area contributed by atoms with E-state index in [0.717, 1.165) is 24.0 Å². The number of rotatable bonds is 8. The summed E-state index contributed by atoms with van der Waals surface area (Å²) in [6.07, 6.45) is 7.53. The van der Waals surface area contributed by atoms with Crippen LogP contribution in [0.25, 0.3) is 0 Å². The summed E-state index contributed by atoms with van der Waals surface area (Å²) in [4.78, 5) is 16.7. The lowest BCUT2D eigenvalue weighted by molar-refractivity contribution is -0.115. The smallest absolute Gasteiger partial charge is 0.230 e. The number of anilines is 1. The standard InChI is InChI=1S/C25H24N4O/c30-25(16-23-17-27-29(19-23)18-22-9-5-2-6-10-22)28-24-15-21(13-14-26-24)12-11-20-7-3-1-4-8-20/h1-10,13-15,17,19H,11-12,16,18H2,(H,26,28,30). The van der Waals surface area contributed by atoms with Crippen molar-refractivity contribution in [3.63, 3.8) is 0 Å². The third-order valence-corrected chi connectivity index (χ3v) is 4.88. The zero-order chi connectivity index (χ0) is 20.6. The molecule has 2 aromatic heterocycles. The van der Waals surface area contributed by atoms with E-state index >= 15 is 0 Å². The molecule has 0 bridgehead atoms. The van der Waals surface area contributed by atoms with Crippen LogP contribution in [0.2, 0.25) is 0 Å². The van der Waals surface area contributed by atoms with Crippen LogP contribution in [0.4, 0.5) is 5.82 Å². The van der Waals surface area contributed by atoms with E-state index in [0.29, 0.717) is 12.4 Å². The molecule has 0 saturated heterocycles. The van der Waals surface area contributed by atoms with E-state index in [4.69, 9.17) is 0 Å². The van der Waals surface area contributed by atoms with Crippen molar-refractivity contribution in [2.75, 3.05) is 5.32 Å². The molecule has 0 aliphatic rings. The number of aryl methyl sites for hydroxylation is 2. The van der Waals surface area contributed by atoms with E-state index in [1.807, 2.05) is 47.3 Å². The molecule has 5 nitrogen and oxygen atoms in total. The molecule has 0 aliphatic heterocycles. The van der Waals surface area contributed by atoms with E-state index < -0.39 is 0 Å². The van der Waals surface area contributed by atoms with Gasteiger partial charge in [0.2, 0.25) is 5.91 Å². The van der Waals surface area contributed by atoms with Gasteiger partial charge in [0, 0.05) is 12.4 Å². The highest BCUT2D eigenvalue weighted by molar-refractivity contribution is 5.91. The Hall–Kier alpha value is -3.73. The van der Waals surface area contributed by atoms with Crippen LogP contribution in [0.15, 0.2) is 91.4 Å². The summed E-state index contributed by atoms with van der Waals surface area (Å²) in [6.45, 7) is 0.688. The quantitative estimate of drug-likeness (QED) is 0.483. The molecule has 1 N–H and O–H groups in total. The Morgan fingerprint density at radius 2 is 1.53 bits per heavy atom. The highest BCUT2D eigenvalue weighted by Crippen LogP contribution is 2.12. The average Bonchev–Trinajstić information content (AvgIpc) is 3.20. The van der Waals surface area contributed by atoms with Crippen LogP contribution in [0.1, 0.15) is 22.3 Å². The third kappa shape index (κ3) is 5.64. The molecule has 0 fully saturated rings. The van der Waals surface area contributed by atoms with Gasteiger partial charge in [-0.1, -0.05) is 60.7 Å². The van der Waals surface area contributed by atoms with Gasteiger partial charge in [0.15, 0.2) is 0 Å². The number of amides is 1. The molecular weight excluding hydrogens is 372 g/mol. The van der Waals surface area contributed by atoms with Gasteiger partial charge in [-0.3, -0.25) is 9.48 Å². The Morgan fingerprint density at radius 3 is 2.30 bits per heavy atom. The minimum Gasteiger partial charge on any atom is -0.310 e. The molecular formula is C25H24N4O. The first-order valence-corrected chi connectivity index (χ1v) is 10.1. The lowest BCUT2D eigenvalue weighted by Crippen LogP contribution is -2.15. The van der Waals surface area contributed by atoms with Crippen molar-refractivity contribution in [1.82, 2.24) is 14.8 Å². The molecule has 2 heterocycles. The molecule has 0 spiro atoms. The molecule has 0 unspecified atom stereocenters. The van der Waals surface area contributed by atoms with Crippen LogP contribution >= 0.6 is 0 Å². The minimum atomic E-state index is -0.0954. The van der Waals surface area contributed by atoms with Crippen molar-refractivity contribution < 1.29 is 4.79 Å². The van der Waals surface area contributed by atoms with Gasteiger partial charge in [-0.25, -0.2) is 4.98 Å². The van der Waals surface area contributed by atoms with Crippen molar-refractivity contribution in [2.24, 2.45) is 0 Å². The zero-order valence-corrected chi connectivity index (χ0v) is 16.7. The number of hydrogen-bond donors (Lipinski definition) is 1. The Morgan fingerprint density at radius 1 is 0.833 bits per heavy atom. The van der Waals surface area contributed by atoms with Gasteiger partial charge >= 0.3 is 0 Å². The van der Waals surface area contributed by atoms with Crippen molar-refractivity contribution >= 4 is 11.7 Å². The summed E-state index contributed by atoms with van der Waals surface area (Å²) in [7, 11) is 0. The fraction of sp³-hybridized carbons (Fsp3) is 0.160. The van der Waals surface area contributed by atoms with E-state index in [2.05, 4.69) is 51.8 Å². The third-order valence-electron chi connectivity index (χ3n) is 4.88. The van der Waals surface area contributed by atoms with Crippen LogP contribution in [0.5, 0.6) is 0 Å². The lowest BCUT2D eigenvalue weighted by Gasteiger charge is -2.06. The maximum absolute atomic E-state index is 12.5. The number of aromatic nitrogens is 3. The predicted octanol–water partition coefficient (Wildman–Crippen LogP) is 4.29. The Kier molecular flexibility index (Phi) is 6.30. The van der Waals surface area contributed by atoms with Gasteiger partial charge in [-0.05, 0) is 47.2 Å². The Balaban J connectivity index is 1.31. The Bertz CT molecular complexity index is 1090. The molecule has 0 atom stereocenters. The fourth-order valence-electron chi connectivity index (χ4n) is 3.36. The van der Waals surface area contributed by atoms with Gasteiger partial charge in [-0.15, -0.1) is 0 Å². The highest BCUT2D eigenvalue weighted by Gasteiger charge is 2.08. The van der Waals surface area contributed by atoms with Crippen LogP contribution in [0, 0.1) is 0 Å². The number of carbonyl (C=O) groups excluding carboxylic acids is 1. The molecule has 0 saturated carbocycles. The average molecular weight is 396 g/mol. The first kappa shape index (κ1) is 19.6. The second-order valence-corrected chi connectivity index (χ2v) is 7.29. The van der Waals surface area contributed by atoms with E-state index in [1.54, 1.807) is 12.4 Å². The van der Waals surface area contributed by atoms with Gasteiger partial charge < -0.3 is 5.32 Å². The molecule has 4 aromatic rings. The molecule has 0 radical (unpaired) electrons.